The van der Waals surface area contributed by atoms with Gasteiger partial charge in [-0.25, -0.2) is 0 Å². The molecule has 2 unspecified atom stereocenters. The second-order valence-corrected chi connectivity index (χ2v) is 8.83. The number of phenolic OH excluding ortho intramolecular Hbond substituents is 1. The van der Waals surface area contributed by atoms with Crippen LogP contribution in [-0.4, -0.2) is 52.0 Å². The van der Waals surface area contributed by atoms with E-state index in [1.165, 1.54) is 0 Å². The van der Waals surface area contributed by atoms with Gasteiger partial charge in [0.25, 0.3) is 5.91 Å². The standard InChI is InChI=1S/C26H29N3O4/c1-4-32-18-9-7-17(8-10-18)25-22-23(21-16(3)12-15(2)13-20(21)30)27-28-24(22)26(31)29(25)14-19-6-5-11-33-19/h7-10,12-13,19,25,30H,4-6,11,14H2,1-3H3,(H,27,28). The van der Waals surface area contributed by atoms with E-state index in [1.807, 2.05) is 56.0 Å². The Kier molecular flexibility index (Phi) is 5.58. The maximum atomic E-state index is 13.5. The first-order valence-corrected chi connectivity index (χ1v) is 11.5. The lowest BCUT2D eigenvalue weighted by Crippen LogP contribution is -2.36. The fourth-order valence-corrected chi connectivity index (χ4v) is 5.10. The van der Waals surface area contributed by atoms with Crippen LogP contribution in [0.15, 0.2) is 36.4 Å². The quantitative estimate of drug-likeness (QED) is 0.580. The van der Waals surface area contributed by atoms with E-state index in [9.17, 15) is 9.90 Å². The highest BCUT2D eigenvalue weighted by Crippen LogP contribution is 2.46. The summed E-state index contributed by atoms with van der Waals surface area (Å²) in [6.07, 6.45) is 1.97. The van der Waals surface area contributed by atoms with E-state index in [-0.39, 0.29) is 23.8 Å². The summed E-state index contributed by atoms with van der Waals surface area (Å²) < 4.78 is 11.5. The Morgan fingerprint density at radius 3 is 2.70 bits per heavy atom. The van der Waals surface area contributed by atoms with Crippen LogP contribution < -0.4 is 4.74 Å². The Morgan fingerprint density at radius 2 is 2.03 bits per heavy atom. The molecule has 5 rings (SSSR count). The Labute approximate surface area is 193 Å². The number of rotatable bonds is 6. The Bertz CT molecular complexity index is 1160. The van der Waals surface area contributed by atoms with E-state index in [0.717, 1.165) is 47.5 Å². The van der Waals surface area contributed by atoms with Gasteiger partial charge in [0.05, 0.1) is 18.8 Å². The van der Waals surface area contributed by atoms with Crippen molar-refractivity contribution in [2.45, 2.75) is 45.8 Å². The number of benzene rings is 2. The number of nitrogens with zero attached hydrogens (tertiary/aromatic N) is 2. The molecular weight excluding hydrogens is 418 g/mol. The average Bonchev–Trinajstić information content (AvgIpc) is 3.49. The van der Waals surface area contributed by atoms with E-state index in [4.69, 9.17) is 9.47 Å². The van der Waals surface area contributed by atoms with Gasteiger partial charge in [0.15, 0.2) is 0 Å². The molecule has 33 heavy (non-hydrogen) atoms. The number of aromatic nitrogens is 2. The number of H-pyrrole nitrogens is 1. The number of phenols is 1. The number of ether oxygens (including phenoxy) is 2. The third kappa shape index (κ3) is 3.76. The molecule has 3 heterocycles. The normalized spacial score (nSPS) is 19.8. The third-order valence-corrected chi connectivity index (χ3v) is 6.49. The van der Waals surface area contributed by atoms with Crippen LogP contribution in [-0.2, 0) is 4.74 Å². The summed E-state index contributed by atoms with van der Waals surface area (Å²) >= 11 is 0. The van der Waals surface area contributed by atoms with Crippen LogP contribution >= 0.6 is 0 Å². The zero-order chi connectivity index (χ0) is 23.1. The molecule has 2 N–H and O–H groups in total. The molecule has 7 heteroatoms. The molecule has 0 bridgehead atoms. The number of hydrogen-bond donors (Lipinski definition) is 2. The van der Waals surface area contributed by atoms with Gasteiger partial charge >= 0.3 is 0 Å². The molecule has 2 aliphatic heterocycles. The first-order chi connectivity index (χ1) is 16.0. The zero-order valence-electron chi connectivity index (χ0n) is 19.2. The minimum Gasteiger partial charge on any atom is -0.507 e. The zero-order valence-corrected chi connectivity index (χ0v) is 19.2. The summed E-state index contributed by atoms with van der Waals surface area (Å²) in [6, 6.07) is 11.3. The highest BCUT2D eigenvalue weighted by Gasteiger charge is 2.43. The van der Waals surface area contributed by atoms with Crippen molar-refractivity contribution in [1.82, 2.24) is 15.1 Å². The molecule has 172 valence electrons. The number of nitrogens with one attached hydrogen (secondary N) is 1. The molecule has 2 aliphatic rings. The van der Waals surface area contributed by atoms with E-state index in [0.29, 0.717) is 30.1 Å². The van der Waals surface area contributed by atoms with Crippen LogP contribution in [0, 0.1) is 13.8 Å². The van der Waals surface area contributed by atoms with Crippen molar-refractivity contribution in [1.29, 1.82) is 0 Å². The summed E-state index contributed by atoms with van der Waals surface area (Å²) in [6.45, 7) is 7.69. The Hall–Kier alpha value is -3.32. The van der Waals surface area contributed by atoms with Crippen LogP contribution in [0.25, 0.3) is 11.3 Å². The van der Waals surface area contributed by atoms with E-state index < -0.39 is 0 Å². The van der Waals surface area contributed by atoms with Crippen molar-refractivity contribution in [3.63, 3.8) is 0 Å². The van der Waals surface area contributed by atoms with Gasteiger partial charge in [-0.3, -0.25) is 9.89 Å². The van der Waals surface area contributed by atoms with Crippen molar-refractivity contribution >= 4 is 5.91 Å². The van der Waals surface area contributed by atoms with Gasteiger partial charge in [0, 0.05) is 24.3 Å². The lowest BCUT2D eigenvalue weighted by atomic mass is 9.93. The largest absolute Gasteiger partial charge is 0.507 e. The second kappa shape index (κ2) is 8.56. The average molecular weight is 448 g/mol. The molecule has 3 aromatic rings. The van der Waals surface area contributed by atoms with Crippen LogP contribution in [0.4, 0.5) is 0 Å². The summed E-state index contributed by atoms with van der Waals surface area (Å²) in [7, 11) is 0. The molecule has 1 saturated heterocycles. The molecule has 0 radical (unpaired) electrons. The van der Waals surface area contributed by atoms with Crippen molar-refractivity contribution in [3.05, 3.63) is 64.3 Å². The number of hydrogen-bond acceptors (Lipinski definition) is 5. The number of carbonyl (C=O) groups excluding carboxylic acids is 1. The van der Waals surface area contributed by atoms with Gasteiger partial charge in [-0.05, 0) is 68.5 Å². The minimum atomic E-state index is -0.332. The van der Waals surface area contributed by atoms with E-state index in [1.54, 1.807) is 6.07 Å². The smallest absolute Gasteiger partial charge is 0.273 e. The molecule has 2 atom stereocenters. The fraction of sp³-hybridized carbons (Fsp3) is 0.385. The van der Waals surface area contributed by atoms with Crippen molar-refractivity contribution in [2.24, 2.45) is 0 Å². The number of carbonyl (C=O) groups is 1. The van der Waals surface area contributed by atoms with Crippen LogP contribution in [0.5, 0.6) is 11.5 Å². The lowest BCUT2D eigenvalue weighted by Gasteiger charge is -2.28. The Morgan fingerprint density at radius 1 is 1.24 bits per heavy atom. The topological polar surface area (TPSA) is 87.7 Å². The Balaban J connectivity index is 1.63. The highest BCUT2D eigenvalue weighted by atomic mass is 16.5. The third-order valence-electron chi connectivity index (χ3n) is 6.49. The predicted octanol–water partition coefficient (Wildman–Crippen LogP) is 4.52. The molecular formula is C26H29N3O4. The minimum absolute atomic E-state index is 0.0223. The first kappa shape index (κ1) is 21.5. The predicted molar refractivity (Wildman–Crippen MR) is 125 cm³/mol. The highest BCUT2D eigenvalue weighted by molar-refractivity contribution is 6.00. The SMILES string of the molecule is CCOc1ccc(C2c3c(-c4c(C)cc(C)cc4O)n[nH]c3C(=O)N2CC2CCCO2)cc1. The van der Waals surface area contributed by atoms with Crippen LogP contribution in [0.1, 0.15) is 58.5 Å². The number of fused-ring (bicyclic) bond motifs is 1. The van der Waals surface area contributed by atoms with E-state index >= 15 is 0 Å². The van der Waals surface area contributed by atoms with Crippen molar-refractivity contribution in [3.8, 4) is 22.8 Å². The maximum Gasteiger partial charge on any atom is 0.273 e. The summed E-state index contributed by atoms with van der Waals surface area (Å²) in [5.41, 5.74) is 5.39. The molecule has 1 amide bonds. The molecule has 7 nitrogen and oxygen atoms in total. The van der Waals surface area contributed by atoms with Crippen molar-refractivity contribution < 1.29 is 19.4 Å². The van der Waals surface area contributed by atoms with Gasteiger partial charge in [0.2, 0.25) is 0 Å². The van der Waals surface area contributed by atoms with Crippen molar-refractivity contribution in [2.75, 3.05) is 19.8 Å². The number of aryl methyl sites for hydroxylation is 2. The maximum absolute atomic E-state index is 13.5. The lowest BCUT2D eigenvalue weighted by molar-refractivity contribution is 0.0495. The molecule has 0 spiro atoms. The van der Waals surface area contributed by atoms with Gasteiger partial charge in [-0.1, -0.05) is 18.2 Å². The molecule has 1 aromatic heterocycles. The first-order valence-electron chi connectivity index (χ1n) is 11.5. The molecule has 1 fully saturated rings. The molecule has 0 aliphatic carbocycles. The van der Waals surface area contributed by atoms with Gasteiger partial charge in [0.1, 0.15) is 22.9 Å². The molecule has 0 saturated carbocycles. The number of amides is 1. The summed E-state index contributed by atoms with van der Waals surface area (Å²) in [4.78, 5) is 15.4. The summed E-state index contributed by atoms with van der Waals surface area (Å²) in [5.74, 6) is 0.857. The number of aromatic amines is 1. The fourth-order valence-electron chi connectivity index (χ4n) is 5.10. The second-order valence-electron chi connectivity index (χ2n) is 8.83. The van der Waals surface area contributed by atoms with Crippen LogP contribution in [0.3, 0.4) is 0 Å². The molecule has 2 aromatic carbocycles. The van der Waals surface area contributed by atoms with Gasteiger partial charge in [-0.15, -0.1) is 0 Å². The van der Waals surface area contributed by atoms with Gasteiger partial charge in [-0.2, -0.15) is 5.10 Å². The number of aromatic hydroxyl groups is 1. The summed E-state index contributed by atoms with van der Waals surface area (Å²) in [5, 5.41) is 18.3. The monoisotopic (exact) mass is 447 g/mol. The van der Waals surface area contributed by atoms with Crippen LogP contribution in [0.2, 0.25) is 0 Å². The van der Waals surface area contributed by atoms with E-state index in [2.05, 4.69) is 10.2 Å². The van der Waals surface area contributed by atoms with Gasteiger partial charge < -0.3 is 19.5 Å².